The van der Waals surface area contributed by atoms with Crippen LogP contribution in [-0.2, 0) is 25.8 Å². The molecule has 0 radical (unpaired) electrons. The van der Waals surface area contributed by atoms with E-state index in [0.717, 1.165) is 22.5 Å². The number of anilines is 1. The molecule has 3 aromatic heterocycles. The first-order chi connectivity index (χ1) is 17.7. The minimum atomic E-state index is -1.21. The fourth-order valence-electron chi connectivity index (χ4n) is 4.36. The van der Waals surface area contributed by atoms with Gasteiger partial charge in [0.25, 0.3) is 11.8 Å². The van der Waals surface area contributed by atoms with Gasteiger partial charge in [-0.1, -0.05) is 16.8 Å². The van der Waals surface area contributed by atoms with Crippen molar-refractivity contribution in [2.45, 2.75) is 24.9 Å². The fourth-order valence-corrected chi connectivity index (χ4v) is 6.45. The average molecular weight is 563 g/mol. The van der Waals surface area contributed by atoms with Crippen molar-refractivity contribution in [1.29, 1.82) is 0 Å². The number of nitrogen functional groups attached to an aromatic ring is 1. The van der Waals surface area contributed by atoms with E-state index in [-0.39, 0.29) is 28.8 Å². The molecular formula is C22H21ClN7O5S2+. The Kier molecular flexibility index (Phi) is 6.56. The number of fused-ring (bicyclic) bond motifs is 2. The predicted octanol–water partition coefficient (Wildman–Crippen LogP) is 1.02. The number of halogens is 1. The van der Waals surface area contributed by atoms with Crippen LogP contribution in [0.25, 0.3) is 5.52 Å². The molecule has 2 amide bonds. The lowest BCUT2D eigenvalue weighted by molar-refractivity contribution is -0.694. The van der Waals surface area contributed by atoms with Crippen molar-refractivity contribution < 1.29 is 28.9 Å². The van der Waals surface area contributed by atoms with Gasteiger partial charge in [0.15, 0.2) is 23.6 Å². The number of carbonyl (C=O) groups is 3. The van der Waals surface area contributed by atoms with Crippen LogP contribution < -0.4 is 15.6 Å². The monoisotopic (exact) mass is 562 g/mol. The summed E-state index contributed by atoms with van der Waals surface area (Å²) in [4.78, 5) is 48.3. The number of nitrogens with one attached hydrogen (secondary N) is 1. The largest absolute Gasteiger partial charge is 0.477 e. The molecule has 0 spiro atoms. The number of nitrogens with zero attached hydrogens (tertiary/aromatic N) is 5. The van der Waals surface area contributed by atoms with Gasteiger partial charge in [-0.2, -0.15) is 4.57 Å². The normalized spacial score (nSPS) is 19.6. The highest BCUT2D eigenvalue weighted by Crippen LogP contribution is 2.40. The third-order valence-electron chi connectivity index (χ3n) is 6.13. The van der Waals surface area contributed by atoms with Crippen LogP contribution in [0.2, 0.25) is 5.15 Å². The lowest BCUT2D eigenvalue weighted by Gasteiger charge is -2.49. The molecule has 12 nitrogen and oxygen atoms in total. The summed E-state index contributed by atoms with van der Waals surface area (Å²) in [5, 5.41) is 18.2. The van der Waals surface area contributed by atoms with Crippen LogP contribution in [0, 0.1) is 6.92 Å². The summed E-state index contributed by atoms with van der Waals surface area (Å²) in [5.41, 5.74) is 8.04. The van der Waals surface area contributed by atoms with Gasteiger partial charge in [0, 0.05) is 23.6 Å². The molecule has 37 heavy (non-hydrogen) atoms. The van der Waals surface area contributed by atoms with Crippen LogP contribution in [0.4, 0.5) is 5.13 Å². The number of amides is 2. The summed E-state index contributed by atoms with van der Waals surface area (Å²) in [6.07, 6.45) is 3.63. The van der Waals surface area contributed by atoms with Gasteiger partial charge in [0.05, 0.1) is 6.20 Å². The molecule has 1 saturated heterocycles. The first kappa shape index (κ1) is 25.0. The number of oxime groups is 1. The second-order valence-electron chi connectivity index (χ2n) is 8.23. The van der Waals surface area contributed by atoms with Crippen LogP contribution in [-0.4, -0.2) is 67.2 Å². The maximum Gasteiger partial charge on any atom is 0.352 e. The van der Waals surface area contributed by atoms with Crippen molar-refractivity contribution in [3.63, 3.8) is 0 Å². The Labute approximate surface area is 223 Å². The van der Waals surface area contributed by atoms with E-state index in [4.69, 9.17) is 22.2 Å². The van der Waals surface area contributed by atoms with Crippen molar-refractivity contribution in [3.05, 3.63) is 57.7 Å². The van der Waals surface area contributed by atoms with Gasteiger partial charge in [0.1, 0.15) is 40.6 Å². The van der Waals surface area contributed by atoms with E-state index in [2.05, 4.69) is 15.5 Å². The summed E-state index contributed by atoms with van der Waals surface area (Å²) in [6.45, 7) is 2.20. The van der Waals surface area contributed by atoms with E-state index in [0.29, 0.717) is 16.5 Å². The molecule has 0 aliphatic carbocycles. The maximum atomic E-state index is 13.1. The van der Waals surface area contributed by atoms with Gasteiger partial charge in [0.2, 0.25) is 5.69 Å². The molecule has 3 aromatic rings. The molecule has 0 bridgehead atoms. The van der Waals surface area contributed by atoms with Crippen molar-refractivity contribution in [2.75, 3.05) is 18.6 Å². The molecule has 2 aliphatic heterocycles. The van der Waals surface area contributed by atoms with Gasteiger partial charge in [-0.3, -0.25) is 18.9 Å². The van der Waals surface area contributed by atoms with Gasteiger partial charge >= 0.3 is 5.97 Å². The number of hydrogen-bond acceptors (Lipinski definition) is 9. The first-order valence-electron chi connectivity index (χ1n) is 10.9. The highest BCUT2D eigenvalue weighted by atomic mass is 35.5. The van der Waals surface area contributed by atoms with E-state index in [1.54, 1.807) is 17.6 Å². The van der Waals surface area contributed by atoms with Crippen LogP contribution >= 0.6 is 34.7 Å². The Bertz CT molecular complexity index is 1510. The molecule has 192 valence electrons. The Morgan fingerprint density at radius 2 is 2.22 bits per heavy atom. The van der Waals surface area contributed by atoms with Crippen molar-refractivity contribution >= 4 is 68.8 Å². The number of rotatable bonds is 7. The highest BCUT2D eigenvalue weighted by Gasteiger charge is 2.54. The second kappa shape index (κ2) is 9.68. The van der Waals surface area contributed by atoms with Crippen LogP contribution in [0.1, 0.15) is 11.4 Å². The minimum Gasteiger partial charge on any atom is -0.477 e. The minimum absolute atomic E-state index is 0.0718. The average Bonchev–Trinajstić information content (AvgIpc) is 3.47. The third kappa shape index (κ3) is 4.30. The number of aryl methyl sites for hydroxylation is 1. The van der Waals surface area contributed by atoms with Crippen molar-refractivity contribution in [1.82, 2.24) is 19.6 Å². The number of carboxylic acids is 1. The zero-order chi connectivity index (χ0) is 26.4. The van der Waals surface area contributed by atoms with Crippen LogP contribution in [0.5, 0.6) is 0 Å². The van der Waals surface area contributed by atoms with E-state index < -0.39 is 29.2 Å². The topological polar surface area (TPSA) is 156 Å². The maximum absolute atomic E-state index is 13.1. The van der Waals surface area contributed by atoms with Crippen molar-refractivity contribution in [2.24, 2.45) is 5.16 Å². The molecule has 2 aliphatic rings. The number of aromatic nitrogens is 3. The van der Waals surface area contributed by atoms with Crippen LogP contribution in [0.3, 0.4) is 0 Å². The molecular weight excluding hydrogens is 542 g/mol. The number of carbonyl (C=O) groups excluding carboxylic acids is 2. The summed E-state index contributed by atoms with van der Waals surface area (Å²) in [7, 11) is 1.28. The van der Waals surface area contributed by atoms with E-state index in [1.165, 1.54) is 23.8 Å². The van der Waals surface area contributed by atoms with Gasteiger partial charge in [-0.15, -0.1) is 23.1 Å². The lowest BCUT2D eigenvalue weighted by atomic mass is 10.0. The molecule has 0 unspecified atom stereocenters. The number of carboxylic acid groups (broad SMARTS) is 1. The number of nitrogens with two attached hydrogens (primary N) is 1. The SMILES string of the molecule is CON=C(C(=O)N[C@@H]1C(=O)N2C(C(=O)O)=C(C[n+]3ccn4c(Cl)ccc4c3C)CS[C@@H]12)c1csc(N)n1. The number of aliphatic carboxylic acids is 1. The summed E-state index contributed by atoms with van der Waals surface area (Å²) >= 11 is 8.71. The summed E-state index contributed by atoms with van der Waals surface area (Å²) in [6, 6.07) is 2.75. The summed E-state index contributed by atoms with van der Waals surface area (Å²) < 4.78 is 3.75. The molecule has 0 saturated carbocycles. The van der Waals surface area contributed by atoms with Gasteiger partial charge < -0.3 is 21.0 Å². The quantitative estimate of drug-likeness (QED) is 0.167. The molecule has 1 fully saturated rings. The zero-order valence-corrected chi connectivity index (χ0v) is 21.9. The summed E-state index contributed by atoms with van der Waals surface area (Å²) in [5.74, 6) is -2.04. The second-order valence-corrected chi connectivity index (χ2v) is 10.6. The number of β-lactam (4-membered cyclic amide) rings is 1. The van der Waals surface area contributed by atoms with Crippen LogP contribution in [0.15, 0.2) is 46.3 Å². The molecule has 5 heterocycles. The Morgan fingerprint density at radius 1 is 1.43 bits per heavy atom. The van der Waals surface area contributed by atoms with E-state index in [9.17, 15) is 19.5 Å². The van der Waals surface area contributed by atoms with Crippen molar-refractivity contribution in [3.8, 4) is 0 Å². The predicted molar refractivity (Wildman–Crippen MR) is 137 cm³/mol. The smallest absolute Gasteiger partial charge is 0.352 e. The molecule has 2 atom stereocenters. The molecule has 5 rings (SSSR count). The molecule has 0 aromatic carbocycles. The van der Waals surface area contributed by atoms with Gasteiger partial charge in [-0.25, -0.2) is 9.78 Å². The Balaban J connectivity index is 1.38. The standard InChI is InChI=1S/C22H20ClN7O5S2/c1-10-13-3-4-14(23)29(13)6-5-28(10)7-11-8-36-20-16(19(32)30(20)17(11)21(33)34)26-18(31)15(27-35-2)12-9-37-22(24)25-12/h3-6,9,16,20H,7-8H2,1-2H3,(H3-,24,25,26,31,33,34)/p+1/t16-,20+/m1/s1. The fraction of sp³-hybridized carbons (Fsp3) is 0.273. The molecule has 4 N–H and O–H groups in total. The first-order valence-corrected chi connectivity index (χ1v) is 13.2. The van der Waals surface area contributed by atoms with E-state index >= 15 is 0 Å². The van der Waals surface area contributed by atoms with Gasteiger partial charge in [-0.05, 0) is 12.1 Å². The van der Waals surface area contributed by atoms with E-state index in [1.807, 2.05) is 28.2 Å². The number of thiazole rings is 1. The third-order valence-corrected chi connectivity index (χ3v) is 8.45. The number of hydrogen-bond donors (Lipinski definition) is 3. The lowest BCUT2D eigenvalue weighted by Crippen LogP contribution is -2.71. The zero-order valence-electron chi connectivity index (χ0n) is 19.5. The Hall–Kier alpha value is -3.62. The molecule has 15 heteroatoms. The Morgan fingerprint density at radius 3 is 2.89 bits per heavy atom. The highest BCUT2D eigenvalue weighted by molar-refractivity contribution is 8.00. The number of thioether (sulfide) groups is 1.